The molecule has 0 unspecified atom stereocenters. The first-order chi connectivity index (χ1) is 26.5. The zero-order chi connectivity index (χ0) is 39.2. The summed E-state index contributed by atoms with van der Waals surface area (Å²) in [7, 11) is 4.37. The van der Waals surface area contributed by atoms with Gasteiger partial charge in [0.1, 0.15) is 5.56 Å². The fourth-order valence-corrected chi connectivity index (χ4v) is 6.66. The summed E-state index contributed by atoms with van der Waals surface area (Å²) in [5, 5.41) is 3.28. The third-order valence-electron chi connectivity index (χ3n) is 8.98. The number of methoxy groups -OCH3 is 1. The standard InChI is InChI=1S/C24H19ClN2O3.C19H17ClN2O3/c1-15-10-17(12-26-24(15)30-2)22(28)20-14-27(13-16-6-5-7-18(25)11-16)21-9-4-3-8-19(21)23(20)29;1-21(25-2)19(24)16-12-22(11-13-6-5-7-14(20)10-13)17-9-4-3-8-15(17)18(16)23/h3-12,14H,13H2,1-2H3;3-10,12H,11H2,1-2H3. The van der Waals surface area contributed by atoms with E-state index in [1.165, 1.54) is 27.5 Å². The molecule has 0 bridgehead atoms. The van der Waals surface area contributed by atoms with Crippen LogP contribution in [0.25, 0.3) is 21.8 Å². The van der Waals surface area contributed by atoms with Gasteiger partial charge in [0.25, 0.3) is 5.91 Å². The zero-order valence-corrected chi connectivity index (χ0v) is 32.0. The third-order valence-corrected chi connectivity index (χ3v) is 9.45. The van der Waals surface area contributed by atoms with Crippen LogP contribution in [0.4, 0.5) is 0 Å². The van der Waals surface area contributed by atoms with E-state index in [1.807, 2.05) is 75.9 Å². The normalized spacial score (nSPS) is 10.9. The Hall–Kier alpha value is -6.07. The van der Waals surface area contributed by atoms with Crippen LogP contribution in [0.5, 0.6) is 5.88 Å². The van der Waals surface area contributed by atoms with E-state index in [9.17, 15) is 19.2 Å². The number of hydrogen-bond donors (Lipinski definition) is 0. The van der Waals surface area contributed by atoms with Crippen LogP contribution in [-0.2, 0) is 17.9 Å². The van der Waals surface area contributed by atoms with E-state index in [4.69, 9.17) is 32.8 Å². The van der Waals surface area contributed by atoms with Crippen molar-refractivity contribution in [3.8, 4) is 5.88 Å². The number of nitrogens with zero attached hydrogens (tertiary/aromatic N) is 4. The molecule has 0 aliphatic heterocycles. The van der Waals surface area contributed by atoms with Gasteiger partial charge in [0.05, 0.1) is 30.8 Å². The van der Waals surface area contributed by atoms with Crippen LogP contribution in [0.2, 0.25) is 10.0 Å². The lowest BCUT2D eigenvalue weighted by Gasteiger charge is -2.17. The number of aryl methyl sites for hydroxylation is 1. The van der Waals surface area contributed by atoms with Gasteiger partial charge in [0.15, 0.2) is 5.78 Å². The molecule has 55 heavy (non-hydrogen) atoms. The molecular formula is C43H36Cl2N4O6. The predicted octanol–water partition coefficient (Wildman–Crippen LogP) is 7.98. The van der Waals surface area contributed by atoms with Crippen LogP contribution in [0, 0.1) is 6.92 Å². The number of hydroxylamine groups is 2. The molecule has 0 saturated heterocycles. The topological polar surface area (TPSA) is 113 Å². The maximum absolute atomic E-state index is 13.2. The monoisotopic (exact) mass is 774 g/mol. The number of para-hydroxylation sites is 2. The lowest BCUT2D eigenvalue weighted by atomic mass is 10.0. The highest BCUT2D eigenvalue weighted by molar-refractivity contribution is 6.30. The number of halogens is 2. The summed E-state index contributed by atoms with van der Waals surface area (Å²) in [6, 6.07) is 31.1. The molecule has 0 aliphatic rings. The predicted molar refractivity (Wildman–Crippen MR) is 216 cm³/mol. The molecule has 1 amide bonds. The molecule has 0 fully saturated rings. The molecule has 0 aliphatic carbocycles. The van der Waals surface area contributed by atoms with E-state index in [0.717, 1.165) is 32.8 Å². The Kier molecular flexibility index (Phi) is 11.9. The summed E-state index contributed by atoms with van der Waals surface area (Å²) >= 11 is 12.2. The highest BCUT2D eigenvalue weighted by Crippen LogP contribution is 2.21. The second-order valence-electron chi connectivity index (χ2n) is 12.7. The van der Waals surface area contributed by atoms with E-state index >= 15 is 0 Å². The van der Waals surface area contributed by atoms with E-state index in [1.54, 1.807) is 55.7 Å². The first kappa shape index (κ1) is 38.6. The van der Waals surface area contributed by atoms with Gasteiger partial charge in [-0.05, 0) is 72.6 Å². The van der Waals surface area contributed by atoms with E-state index in [2.05, 4.69) is 4.98 Å². The van der Waals surface area contributed by atoms with E-state index in [-0.39, 0.29) is 27.8 Å². The van der Waals surface area contributed by atoms with E-state index < -0.39 is 5.91 Å². The smallest absolute Gasteiger partial charge is 0.282 e. The first-order valence-electron chi connectivity index (χ1n) is 17.1. The van der Waals surface area contributed by atoms with Crippen molar-refractivity contribution >= 4 is 56.7 Å². The van der Waals surface area contributed by atoms with Gasteiger partial charge in [-0.2, -0.15) is 0 Å². The minimum Gasteiger partial charge on any atom is -0.481 e. The molecule has 0 saturated carbocycles. The van der Waals surface area contributed by atoms with Gasteiger partial charge in [-0.1, -0.05) is 71.7 Å². The molecule has 12 heteroatoms. The molecule has 278 valence electrons. The van der Waals surface area contributed by atoms with Crippen molar-refractivity contribution in [2.45, 2.75) is 20.0 Å². The summed E-state index contributed by atoms with van der Waals surface area (Å²) in [6.07, 6.45) is 4.63. The number of pyridine rings is 3. The van der Waals surface area contributed by atoms with Gasteiger partial charge in [-0.15, -0.1) is 0 Å². The lowest BCUT2D eigenvalue weighted by molar-refractivity contribution is -0.0758. The number of carbonyl (C=O) groups excluding carboxylic acids is 2. The molecule has 7 rings (SSSR count). The highest BCUT2D eigenvalue weighted by Gasteiger charge is 2.20. The number of ether oxygens (including phenoxy) is 1. The summed E-state index contributed by atoms with van der Waals surface area (Å²) in [4.78, 5) is 60.6. The third kappa shape index (κ3) is 8.52. The van der Waals surface area contributed by atoms with Crippen LogP contribution >= 0.6 is 23.2 Å². The minimum absolute atomic E-state index is 0.0603. The Bertz CT molecular complexity index is 2690. The largest absolute Gasteiger partial charge is 0.481 e. The molecule has 0 atom stereocenters. The van der Waals surface area contributed by atoms with Gasteiger partial charge >= 0.3 is 0 Å². The maximum Gasteiger partial charge on any atom is 0.282 e. The van der Waals surface area contributed by atoms with Crippen molar-refractivity contribution in [1.29, 1.82) is 0 Å². The first-order valence-corrected chi connectivity index (χ1v) is 17.9. The lowest BCUT2D eigenvalue weighted by Crippen LogP contribution is -2.31. The molecule has 0 N–H and O–H groups in total. The van der Waals surface area contributed by atoms with Crippen molar-refractivity contribution in [2.24, 2.45) is 0 Å². The number of rotatable bonds is 9. The van der Waals surface area contributed by atoms with Crippen LogP contribution < -0.4 is 15.6 Å². The Morgan fingerprint density at radius 2 is 1.22 bits per heavy atom. The SMILES string of the molecule is CON(C)C(=O)c1cn(Cc2cccc(Cl)c2)c2ccccc2c1=O.COc1ncc(C(=O)c2cn(Cc3cccc(Cl)c3)c3ccccc3c2=O)cc1C. The van der Waals surface area contributed by atoms with Gasteiger partial charge in [-0.25, -0.2) is 10.0 Å². The van der Waals surface area contributed by atoms with Gasteiger partial charge in [0, 0.05) is 70.7 Å². The van der Waals surface area contributed by atoms with Gasteiger partial charge in [0.2, 0.25) is 16.7 Å². The van der Waals surface area contributed by atoms with Crippen LogP contribution in [0.3, 0.4) is 0 Å². The summed E-state index contributed by atoms with van der Waals surface area (Å²) < 4.78 is 8.94. The van der Waals surface area contributed by atoms with Crippen LogP contribution in [0.15, 0.2) is 131 Å². The molecular weight excluding hydrogens is 739 g/mol. The Labute approximate surface area is 326 Å². The number of aromatic nitrogens is 3. The summed E-state index contributed by atoms with van der Waals surface area (Å²) in [5.74, 6) is -0.412. The minimum atomic E-state index is -0.488. The molecule has 4 aromatic carbocycles. The number of amides is 1. The fourth-order valence-electron chi connectivity index (χ4n) is 6.24. The summed E-state index contributed by atoms with van der Waals surface area (Å²) in [6.45, 7) is 2.76. The quantitative estimate of drug-likeness (QED) is 0.108. The Morgan fingerprint density at radius 3 is 1.71 bits per heavy atom. The van der Waals surface area contributed by atoms with Crippen molar-refractivity contribution in [1.82, 2.24) is 19.2 Å². The summed E-state index contributed by atoms with van der Waals surface area (Å²) in [5.41, 5.74) is 4.06. The number of fused-ring (bicyclic) bond motifs is 2. The Morgan fingerprint density at radius 1 is 0.709 bits per heavy atom. The number of ketones is 1. The molecule has 0 radical (unpaired) electrons. The molecule has 10 nitrogen and oxygen atoms in total. The molecule has 7 aromatic rings. The number of carbonyl (C=O) groups is 2. The fraction of sp³-hybridized carbons (Fsp3) is 0.140. The van der Waals surface area contributed by atoms with Gasteiger partial charge < -0.3 is 13.9 Å². The van der Waals surface area contributed by atoms with Gasteiger partial charge in [-0.3, -0.25) is 24.0 Å². The van der Waals surface area contributed by atoms with Crippen LogP contribution in [-0.4, -0.2) is 52.1 Å². The second-order valence-corrected chi connectivity index (χ2v) is 13.5. The van der Waals surface area contributed by atoms with Crippen molar-refractivity contribution in [3.63, 3.8) is 0 Å². The molecule has 0 spiro atoms. The van der Waals surface area contributed by atoms with Crippen molar-refractivity contribution < 1.29 is 19.2 Å². The average molecular weight is 776 g/mol. The number of benzene rings is 4. The van der Waals surface area contributed by atoms with Crippen molar-refractivity contribution in [3.05, 3.63) is 186 Å². The molecule has 3 aromatic heterocycles. The number of hydrogen-bond acceptors (Lipinski definition) is 7. The van der Waals surface area contributed by atoms with E-state index in [0.29, 0.717) is 45.4 Å². The maximum atomic E-state index is 13.2. The Balaban J connectivity index is 0.000000190. The van der Waals surface area contributed by atoms with Crippen LogP contribution in [0.1, 0.15) is 43.0 Å². The zero-order valence-electron chi connectivity index (χ0n) is 30.5. The van der Waals surface area contributed by atoms with Crippen molar-refractivity contribution in [2.75, 3.05) is 21.3 Å². The molecule has 3 heterocycles. The highest BCUT2D eigenvalue weighted by atomic mass is 35.5. The average Bonchev–Trinajstić information content (AvgIpc) is 3.19. The second kappa shape index (κ2) is 16.9.